The summed E-state index contributed by atoms with van der Waals surface area (Å²) in [5.41, 5.74) is 5.02. The summed E-state index contributed by atoms with van der Waals surface area (Å²) in [5.74, 6) is 0.783. The first kappa shape index (κ1) is 16.8. The number of nitrogens with two attached hydrogens (primary N) is 1. The molecule has 1 unspecified atom stereocenters. The van der Waals surface area contributed by atoms with Gasteiger partial charge in [-0.1, -0.05) is 36.7 Å². The minimum absolute atomic E-state index is 0.0907. The molecular formula is C14H26BrNO3. The van der Waals surface area contributed by atoms with Crippen molar-refractivity contribution in [3.63, 3.8) is 0 Å². The van der Waals surface area contributed by atoms with Crippen molar-refractivity contribution < 1.29 is 14.3 Å². The fraction of sp³-hybridized carbons (Fsp3) is 0.929. The first-order valence-corrected chi connectivity index (χ1v) is 8.08. The van der Waals surface area contributed by atoms with E-state index in [2.05, 4.69) is 15.9 Å². The second-order valence-corrected chi connectivity index (χ2v) is 7.07. The Morgan fingerprint density at radius 2 is 2.05 bits per heavy atom. The first-order valence-electron chi connectivity index (χ1n) is 6.96. The average Bonchev–Trinajstić information content (AvgIpc) is 2.22. The van der Waals surface area contributed by atoms with Crippen molar-refractivity contribution in [3.8, 4) is 0 Å². The molecule has 4 nitrogen and oxygen atoms in total. The molecule has 1 rings (SSSR count). The number of carbonyl (C=O) groups is 1. The number of carbonyl (C=O) groups excluding carboxylic acids is 1. The average molecular weight is 336 g/mol. The predicted octanol–water partition coefficient (Wildman–Crippen LogP) is 3.47. The Bertz CT molecular complexity index is 285. The van der Waals surface area contributed by atoms with E-state index in [9.17, 15) is 4.79 Å². The van der Waals surface area contributed by atoms with Gasteiger partial charge in [0.2, 0.25) is 0 Å². The van der Waals surface area contributed by atoms with Crippen molar-refractivity contribution in [2.75, 3.05) is 11.9 Å². The highest BCUT2D eigenvalue weighted by atomic mass is 79.9. The smallest absolute Gasteiger partial charge is 0.404 e. The van der Waals surface area contributed by atoms with Gasteiger partial charge in [0.1, 0.15) is 6.10 Å². The molecule has 2 N–H and O–H groups in total. The molecule has 1 fully saturated rings. The van der Waals surface area contributed by atoms with Gasteiger partial charge in [-0.25, -0.2) is 4.79 Å². The number of ether oxygens (including phenoxy) is 2. The zero-order valence-electron chi connectivity index (χ0n) is 12.2. The maximum Gasteiger partial charge on any atom is 0.404 e. The van der Waals surface area contributed by atoms with Crippen molar-refractivity contribution >= 4 is 22.0 Å². The van der Waals surface area contributed by atoms with E-state index < -0.39 is 6.09 Å². The molecule has 1 saturated carbocycles. The van der Waals surface area contributed by atoms with Crippen LogP contribution in [0.1, 0.15) is 46.5 Å². The Morgan fingerprint density at radius 3 is 2.53 bits per heavy atom. The third-order valence-electron chi connectivity index (χ3n) is 3.60. The van der Waals surface area contributed by atoms with Crippen molar-refractivity contribution in [1.29, 1.82) is 0 Å². The van der Waals surface area contributed by atoms with E-state index in [1.54, 1.807) is 0 Å². The normalized spacial score (nSPS) is 24.6. The second-order valence-electron chi connectivity index (χ2n) is 6.42. The molecule has 0 aromatic rings. The Kier molecular flexibility index (Phi) is 6.60. The summed E-state index contributed by atoms with van der Waals surface area (Å²) in [6.07, 6.45) is 3.58. The fourth-order valence-corrected chi connectivity index (χ4v) is 2.79. The summed E-state index contributed by atoms with van der Waals surface area (Å²) in [7, 11) is 0. The summed E-state index contributed by atoms with van der Waals surface area (Å²) >= 11 is 3.48. The van der Waals surface area contributed by atoms with Crippen LogP contribution in [0.5, 0.6) is 0 Å². The number of hydrogen-bond acceptors (Lipinski definition) is 3. The van der Waals surface area contributed by atoms with Crippen LogP contribution in [0.3, 0.4) is 0 Å². The lowest BCUT2D eigenvalue weighted by Crippen LogP contribution is -2.35. The predicted molar refractivity (Wildman–Crippen MR) is 79.4 cm³/mol. The van der Waals surface area contributed by atoms with Crippen molar-refractivity contribution in [2.24, 2.45) is 17.1 Å². The van der Waals surface area contributed by atoms with Crippen LogP contribution in [0.15, 0.2) is 0 Å². The van der Waals surface area contributed by atoms with Gasteiger partial charge in [0.25, 0.3) is 0 Å². The summed E-state index contributed by atoms with van der Waals surface area (Å²) in [4.78, 5) is 10.9. The highest BCUT2D eigenvalue weighted by molar-refractivity contribution is 9.09. The minimum atomic E-state index is -0.694. The number of halogens is 1. The van der Waals surface area contributed by atoms with Crippen LogP contribution < -0.4 is 5.73 Å². The maximum atomic E-state index is 10.9. The summed E-state index contributed by atoms with van der Waals surface area (Å²) < 4.78 is 11.0. The monoisotopic (exact) mass is 335 g/mol. The van der Waals surface area contributed by atoms with Crippen molar-refractivity contribution in [3.05, 3.63) is 0 Å². The van der Waals surface area contributed by atoms with E-state index in [0.29, 0.717) is 6.10 Å². The van der Waals surface area contributed by atoms with E-state index in [-0.39, 0.29) is 11.5 Å². The maximum absolute atomic E-state index is 10.9. The molecule has 0 bridgehead atoms. The Balaban J connectivity index is 2.16. The molecule has 1 amide bonds. The standard InChI is InChI=1S/C14H26BrNO3/c1-14(2,3)12(19-13(16)17)5-4-6-18-11-7-10(8-11)9-15/h10-12H,4-9H2,1-3H3,(H2,16,17). The highest BCUT2D eigenvalue weighted by Crippen LogP contribution is 2.32. The summed E-state index contributed by atoms with van der Waals surface area (Å²) in [6.45, 7) is 6.88. The molecular weight excluding hydrogens is 310 g/mol. The SMILES string of the molecule is CC(C)(C)C(CCCOC1CC(CBr)C1)OC(N)=O. The third kappa shape index (κ3) is 6.13. The lowest BCUT2D eigenvalue weighted by Gasteiger charge is -2.34. The number of rotatable bonds is 7. The van der Waals surface area contributed by atoms with Crippen LogP contribution in [-0.4, -0.2) is 30.2 Å². The fourth-order valence-electron chi connectivity index (χ4n) is 2.26. The van der Waals surface area contributed by atoms with Crippen LogP contribution >= 0.6 is 15.9 Å². The topological polar surface area (TPSA) is 61.6 Å². The molecule has 112 valence electrons. The van der Waals surface area contributed by atoms with Gasteiger partial charge in [0, 0.05) is 11.9 Å². The van der Waals surface area contributed by atoms with Gasteiger partial charge in [-0.3, -0.25) is 0 Å². The Labute approximate surface area is 124 Å². The number of hydrogen-bond donors (Lipinski definition) is 1. The van der Waals surface area contributed by atoms with Gasteiger partial charge in [0.05, 0.1) is 6.10 Å². The first-order chi connectivity index (χ1) is 8.82. The Morgan fingerprint density at radius 1 is 1.42 bits per heavy atom. The van der Waals surface area contributed by atoms with Crippen LogP contribution in [0.2, 0.25) is 0 Å². The van der Waals surface area contributed by atoms with E-state index in [1.165, 1.54) is 0 Å². The molecule has 5 heteroatoms. The highest BCUT2D eigenvalue weighted by Gasteiger charge is 2.30. The molecule has 0 aliphatic heterocycles. The molecule has 1 aliphatic rings. The van der Waals surface area contributed by atoms with Gasteiger partial charge in [-0.15, -0.1) is 0 Å². The van der Waals surface area contributed by atoms with E-state index in [0.717, 1.165) is 43.5 Å². The largest absolute Gasteiger partial charge is 0.446 e. The quantitative estimate of drug-likeness (QED) is 0.572. The molecule has 0 saturated heterocycles. The molecule has 1 atom stereocenters. The third-order valence-corrected chi connectivity index (χ3v) is 4.51. The Hall–Kier alpha value is -0.290. The molecule has 1 aliphatic carbocycles. The molecule has 0 radical (unpaired) electrons. The van der Waals surface area contributed by atoms with Crippen LogP contribution in [0.25, 0.3) is 0 Å². The van der Waals surface area contributed by atoms with Gasteiger partial charge in [-0.05, 0) is 37.0 Å². The van der Waals surface area contributed by atoms with Gasteiger partial charge >= 0.3 is 6.09 Å². The number of alkyl halides is 1. The van der Waals surface area contributed by atoms with Gasteiger partial charge < -0.3 is 15.2 Å². The zero-order valence-corrected chi connectivity index (χ0v) is 13.7. The van der Waals surface area contributed by atoms with Gasteiger partial charge in [0.15, 0.2) is 0 Å². The zero-order chi connectivity index (χ0) is 14.5. The molecule has 19 heavy (non-hydrogen) atoms. The van der Waals surface area contributed by atoms with Crippen LogP contribution in [0, 0.1) is 11.3 Å². The van der Waals surface area contributed by atoms with Crippen LogP contribution in [-0.2, 0) is 9.47 Å². The van der Waals surface area contributed by atoms with Crippen molar-refractivity contribution in [2.45, 2.75) is 58.7 Å². The minimum Gasteiger partial charge on any atom is -0.446 e. The van der Waals surface area contributed by atoms with E-state index in [4.69, 9.17) is 15.2 Å². The lowest BCUT2D eigenvalue weighted by atomic mass is 9.84. The van der Waals surface area contributed by atoms with Crippen LogP contribution in [0.4, 0.5) is 4.79 Å². The molecule has 0 heterocycles. The number of primary amides is 1. The van der Waals surface area contributed by atoms with E-state index in [1.807, 2.05) is 20.8 Å². The molecule has 0 aromatic carbocycles. The number of amides is 1. The summed E-state index contributed by atoms with van der Waals surface area (Å²) in [6, 6.07) is 0. The second kappa shape index (κ2) is 7.48. The summed E-state index contributed by atoms with van der Waals surface area (Å²) in [5, 5.41) is 1.07. The van der Waals surface area contributed by atoms with Crippen molar-refractivity contribution in [1.82, 2.24) is 0 Å². The lowest BCUT2D eigenvalue weighted by molar-refractivity contribution is -0.0328. The molecule has 0 aromatic heterocycles. The molecule has 0 spiro atoms. The van der Waals surface area contributed by atoms with E-state index >= 15 is 0 Å². The van der Waals surface area contributed by atoms with Gasteiger partial charge in [-0.2, -0.15) is 0 Å².